The first-order valence-electron chi connectivity index (χ1n) is 5.68. The minimum atomic E-state index is 0.625. The summed E-state index contributed by atoms with van der Waals surface area (Å²) in [4.78, 5) is 0. The third kappa shape index (κ3) is 6.09. The van der Waals surface area contributed by atoms with E-state index < -0.39 is 0 Å². The lowest BCUT2D eigenvalue weighted by molar-refractivity contribution is 0.264. The second-order valence-electron chi connectivity index (χ2n) is 5.05. The van der Waals surface area contributed by atoms with Gasteiger partial charge in [-0.05, 0) is 30.7 Å². The molecule has 0 spiro atoms. The average molecular weight is 185 g/mol. The van der Waals surface area contributed by atoms with Crippen LogP contribution in [0.2, 0.25) is 0 Å². The van der Waals surface area contributed by atoms with Crippen molar-refractivity contribution in [1.29, 1.82) is 0 Å². The van der Waals surface area contributed by atoms with E-state index in [0.29, 0.717) is 6.04 Å². The van der Waals surface area contributed by atoms with Crippen LogP contribution in [0.25, 0.3) is 0 Å². The standard InChI is InChI=1S/C12H27N/c1-9(2)12(10(3)4)7-8-13-11(5)6/h9-13H,7-8H2,1-6H3. The van der Waals surface area contributed by atoms with Crippen molar-refractivity contribution in [3.63, 3.8) is 0 Å². The summed E-state index contributed by atoms with van der Waals surface area (Å²) in [7, 11) is 0. The minimum absolute atomic E-state index is 0.625. The van der Waals surface area contributed by atoms with Gasteiger partial charge in [0.15, 0.2) is 0 Å². The van der Waals surface area contributed by atoms with Gasteiger partial charge >= 0.3 is 0 Å². The van der Waals surface area contributed by atoms with Gasteiger partial charge in [0, 0.05) is 6.04 Å². The molecule has 1 heteroatoms. The number of rotatable bonds is 6. The SMILES string of the molecule is CC(C)NCCC(C(C)C)C(C)C. The lowest BCUT2D eigenvalue weighted by atomic mass is 9.83. The molecule has 0 radical (unpaired) electrons. The zero-order chi connectivity index (χ0) is 10.4. The fraction of sp³-hybridized carbons (Fsp3) is 1.00. The van der Waals surface area contributed by atoms with Gasteiger partial charge in [0.2, 0.25) is 0 Å². The van der Waals surface area contributed by atoms with E-state index in [0.717, 1.165) is 17.8 Å². The maximum atomic E-state index is 3.49. The highest BCUT2D eigenvalue weighted by Gasteiger charge is 2.16. The molecule has 13 heavy (non-hydrogen) atoms. The second kappa shape index (κ2) is 6.42. The van der Waals surface area contributed by atoms with Crippen molar-refractivity contribution in [3.05, 3.63) is 0 Å². The van der Waals surface area contributed by atoms with Crippen molar-refractivity contribution in [3.8, 4) is 0 Å². The summed E-state index contributed by atoms with van der Waals surface area (Å²) in [6.45, 7) is 14.9. The molecular formula is C12H27N. The Hall–Kier alpha value is -0.0400. The fourth-order valence-electron chi connectivity index (χ4n) is 1.98. The molecule has 0 atom stereocenters. The molecule has 0 saturated carbocycles. The van der Waals surface area contributed by atoms with Crippen molar-refractivity contribution in [2.24, 2.45) is 17.8 Å². The van der Waals surface area contributed by atoms with Gasteiger partial charge in [-0.15, -0.1) is 0 Å². The summed E-state index contributed by atoms with van der Waals surface area (Å²) in [5, 5.41) is 3.49. The van der Waals surface area contributed by atoms with E-state index in [1.165, 1.54) is 13.0 Å². The molecule has 1 nitrogen and oxygen atoms in total. The topological polar surface area (TPSA) is 12.0 Å². The second-order valence-corrected chi connectivity index (χ2v) is 5.05. The maximum Gasteiger partial charge on any atom is 0.00103 e. The van der Waals surface area contributed by atoms with Gasteiger partial charge in [-0.3, -0.25) is 0 Å². The molecule has 0 aliphatic rings. The monoisotopic (exact) mass is 185 g/mol. The number of hydrogen-bond acceptors (Lipinski definition) is 1. The summed E-state index contributed by atoms with van der Waals surface area (Å²) in [5.74, 6) is 2.49. The van der Waals surface area contributed by atoms with Crippen LogP contribution in [0, 0.1) is 17.8 Å². The molecule has 0 amide bonds. The molecule has 0 unspecified atom stereocenters. The van der Waals surface area contributed by atoms with E-state index in [1.54, 1.807) is 0 Å². The Morgan fingerprint density at radius 1 is 0.846 bits per heavy atom. The van der Waals surface area contributed by atoms with Crippen molar-refractivity contribution >= 4 is 0 Å². The zero-order valence-electron chi connectivity index (χ0n) is 10.2. The van der Waals surface area contributed by atoms with Gasteiger partial charge in [-0.2, -0.15) is 0 Å². The van der Waals surface area contributed by atoms with Crippen molar-refractivity contribution in [1.82, 2.24) is 5.32 Å². The van der Waals surface area contributed by atoms with Crippen LogP contribution in [0.3, 0.4) is 0 Å². The Labute approximate surface area is 84.3 Å². The van der Waals surface area contributed by atoms with Crippen molar-refractivity contribution in [2.45, 2.75) is 54.0 Å². The zero-order valence-corrected chi connectivity index (χ0v) is 10.2. The molecule has 0 bridgehead atoms. The van der Waals surface area contributed by atoms with Crippen LogP contribution >= 0.6 is 0 Å². The Bertz CT molecular complexity index is 108. The fourth-order valence-corrected chi connectivity index (χ4v) is 1.98. The van der Waals surface area contributed by atoms with E-state index in [4.69, 9.17) is 0 Å². The Balaban J connectivity index is 3.70. The molecule has 0 aliphatic carbocycles. The first-order chi connectivity index (χ1) is 5.95. The van der Waals surface area contributed by atoms with Crippen LogP contribution in [-0.4, -0.2) is 12.6 Å². The first-order valence-corrected chi connectivity index (χ1v) is 5.68. The lowest BCUT2D eigenvalue weighted by Gasteiger charge is -2.25. The predicted octanol–water partition coefficient (Wildman–Crippen LogP) is 3.30. The Kier molecular flexibility index (Phi) is 6.40. The molecule has 0 rings (SSSR count). The summed E-state index contributed by atoms with van der Waals surface area (Å²) >= 11 is 0. The van der Waals surface area contributed by atoms with Gasteiger partial charge in [0.1, 0.15) is 0 Å². The minimum Gasteiger partial charge on any atom is -0.315 e. The van der Waals surface area contributed by atoms with Crippen molar-refractivity contribution in [2.75, 3.05) is 6.54 Å². The number of hydrogen-bond donors (Lipinski definition) is 1. The van der Waals surface area contributed by atoms with Crippen LogP contribution in [-0.2, 0) is 0 Å². The number of nitrogens with one attached hydrogen (secondary N) is 1. The molecule has 0 aromatic heterocycles. The van der Waals surface area contributed by atoms with Gasteiger partial charge in [0.25, 0.3) is 0 Å². The van der Waals surface area contributed by atoms with E-state index >= 15 is 0 Å². The van der Waals surface area contributed by atoms with Crippen LogP contribution in [0.5, 0.6) is 0 Å². The molecule has 0 aromatic rings. The highest BCUT2D eigenvalue weighted by Crippen LogP contribution is 2.23. The van der Waals surface area contributed by atoms with Crippen LogP contribution in [0.15, 0.2) is 0 Å². The highest BCUT2D eigenvalue weighted by molar-refractivity contribution is 4.68. The first kappa shape index (κ1) is 13.0. The summed E-state index contributed by atoms with van der Waals surface area (Å²) in [6, 6.07) is 0.625. The van der Waals surface area contributed by atoms with E-state index in [2.05, 4.69) is 46.9 Å². The van der Waals surface area contributed by atoms with Crippen molar-refractivity contribution < 1.29 is 0 Å². The predicted molar refractivity (Wildman–Crippen MR) is 60.9 cm³/mol. The van der Waals surface area contributed by atoms with E-state index in [9.17, 15) is 0 Å². The van der Waals surface area contributed by atoms with Gasteiger partial charge in [-0.1, -0.05) is 41.5 Å². The molecule has 80 valence electrons. The van der Waals surface area contributed by atoms with Gasteiger partial charge in [0.05, 0.1) is 0 Å². The molecular weight excluding hydrogens is 158 g/mol. The molecule has 0 fully saturated rings. The largest absolute Gasteiger partial charge is 0.315 e. The molecule has 0 aromatic carbocycles. The van der Waals surface area contributed by atoms with E-state index in [-0.39, 0.29) is 0 Å². The maximum absolute atomic E-state index is 3.49. The Morgan fingerprint density at radius 3 is 1.62 bits per heavy atom. The smallest absolute Gasteiger partial charge is 0.00103 e. The summed E-state index contributed by atoms with van der Waals surface area (Å²) in [6.07, 6.45) is 1.31. The quantitative estimate of drug-likeness (QED) is 0.669. The summed E-state index contributed by atoms with van der Waals surface area (Å²) < 4.78 is 0. The molecule has 0 saturated heterocycles. The Morgan fingerprint density at radius 2 is 1.31 bits per heavy atom. The molecule has 0 aliphatic heterocycles. The van der Waals surface area contributed by atoms with Crippen LogP contribution < -0.4 is 5.32 Å². The van der Waals surface area contributed by atoms with Gasteiger partial charge < -0.3 is 5.32 Å². The third-order valence-electron chi connectivity index (χ3n) is 2.74. The van der Waals surface area contributed by atoms with Gasteiger partial charge in [-0.25, -0.2) is 0 Å². The average Bonchev–Trinajstić information content (AvgIpc) is 1.95. The summed E-state index contributed by atoms with van der Waals surface area (Å²) in [5.41, 5.74) is 0. The van der Waals surface area contributed by atoms with Crippen LogP contribution in [0.1, 0.15) is 48.0 Å². The van der Waals surface area contributed by atoms with Crippen LogP contribution in [0.4, 0.5) is 0 Å². The molecule has 0 heterocycles. The lowest BCUT2D eigenvalue weighted by Crippen LogP contribution is -2.28. The van der Waals surface area contributed by atoms with E-state index in [1.807, 2.05) is 0 Å². The highest BCUT2D eigenvalue weighted by atomic mass is 14.9. The normalized spacial score (nSPS) is 12.5. The molecule has 1 N–H and O–H groups in total. The third-order valence-corrected chi connectivity index (χ3v) is 2.74.